The minimum atomic E-state index is 0.559. The van der Waals surface area contributed by atoms with Crippen molar-refractivity contribution in [2.24, 2.45) is 12.8 Å². The van der Waals surface area contributed by atoms with E-state index < -0.39 is 0 Å². The highest BCUT2D eigenvalue weighted by molar-refractivity contribution is 5.60. The second kappa shape index (κ2) is 5.53. The Labute approximate surface area is 126 Å². The van der Waals surface area contributed by atoms with Crippen molar-refractivity contribution < 1.29 is 0 Å². The lowest BCUT2D eigenvalue weighted by Gasteiger charge is -2.20. The van der Waals surface area contributed by atoms with Gasteiger partial charge in [0.25, 0.3) is 0 Å². The van der Waals surface area contributed by atoms with Gasteiger partial charge in [-0.25, -0.2) is 0 Å². The molecule has 0 radical (unpaired) electrons. The van der Waals surface area contributed by atoms with Crippen LogP contribution in [0.2, 0.25) is 0 Å². The highest BCUT2D eigenvalue weighted by Gasteiger charge is 2.28. The highest BCUT2D eigenvalue weighted by Crippen LogP contribution is 2.38. The van der Waals surface area contributed by atoms with Gasteiger partial charge < -0.3 is 10.6 Å². The molecule has 2 aromatic rings. The van der Waals surface area contributed by atoms with Gasteiger partial charge in [0.05, 0.1) is 5.69 Å². The number of nitrogens with two attached hydrogens (primary N) is 1. The summed E-state index contributed by atoms with van der Waals surface area (Å²) in [6.07, 6.45) is 1.05. The first-order valence-electron chi connectivity index (χ1n) is 7.64. The standard InChI is InChI=1S/C17H24N4/c1-12-16(13(2)20(3)19-12)11-21-10-14(8-9-18)15-6-4-5-7-17(15)21/h4-7,14H,8-11,18H2,1-3H3. The fourth-order valence-corrected chi connectivity index (χ4v) is 3.42. The van der Waals surface area contributed by atoms with E-state index in [1.54, 1.807) is 0 Å². The Hall–Kier alpha value is -1.81. The van der Waals surface area contributed by atoms with Crippen LogP contribution in [0.25, 0.3) is 0 Å². The molecule has 0 saturated carbocycles. The molecule has 3 rings (SSSR count). The molecule has 4 nitrogen and oxygen atoms in total. The van der Waals surface area contributed by atoms with Gasteiger partial charge in [-0.05, 0) is 38.4 Å². The third-order valence-electron chi connectivity index (χ3n) is 4.68. The highest BCUT2D eigenvalue weighted by atomic mass is 15.3. The fraction of sp³-hybridized carbons (Fsp3) is 0.471. The fourth-order valence-electron chi connectivity index (χ4n) is 3.42. The van der Waals surface area contributed by atoms with E-state index in [4.69, 9.17) is 5.73 Å². The summed E-state index contributed by atoms with van der Waals surface area (Å²) in [6, 6.07) is 8.73. The van der Waals surface area contributed by atoms with Crippen molar-refractivity contribution in [2.75, 3.05) is 18.0 Å². The van der Waals surface area contributed by atoms with E-state index in [0.29, 0.717) is 5.92 Å². The summed E-state index contributed by atoms with van der Waals surface area (Å²) >= 11 is 0. The Morgan fingerprint density at radius 3 is 2.71 bits per heavy atom. The number of anilines is 1. The van der Waals surface area contributed by atoms with E-state index in [1.165, 1.54) is 22.5 Å². The first kappa shape index (κ1) is 14.1. The van der Waals surface area contributed by atoms with Crippen molar-refractivity contribution in [3.05, 3.63) is 46.8 Å². The van der Waals surface area contributed by atoms with Crippen LogP contribution in [0.5, 0.6) is 0 Å². The van der Waals surface area contributed by atoms with E-state index >= 15 is 0 Å². The number of rotatable bonds is 4. The third kappa shape index (κ3) is 2.44. The minimum Gasteiger partial charge on any atom is -0.366 e. The summed E-state index contributed by atoms with van der Waals surface area (Å²) in [5.41, 5.74) is 12.3. The molecule has 0 bridgehead atoms. The molecule has 2 heterocycles. The first-order chi connectivity index (χ1) is 10.1. The lowest BCUT2D eigenvalue weighted by Crippen LogP contribution is -2.22. The minimum absolute atomic E-state index is 0.559. The average molecular weight is 284 g/mol. The molecule has 112 valence electrons. The summed E-state index contributed by atoms with van der Waals surface area (Å²) < 4.78 is 1.98. The molecule has 1 aliphatic heterocycles. The quantitative estimate of drug-likeness (QED) is 0.938. The molecule has 0 fully saturated rings. The van der Waals surface area contributed by atoms with Crippen molar-refractivity contribution in [3.8, 4) is 0 Å². The monoisotopic (exact) mass is 284 g/mol. The van der Waals surface area contributed by atoms with Crippen LogP contribution in [0.1, 0.15) is 34.9 Å². The maximum absolute atomic E-state index is 5.78. The molecule has 1 unspecified atom stereocenters. The number of aromatic nitrogens is 2. The molecular weight excluding hydrogens is 260 g/mol. The molecule has 4 heteroatoms. The molecule has 1 aliphatic rings. The van der Waals surface area contributed by atoms with Gasteiger partial charge in [0, 0.05) is 43.0 Å². The normalized spacial score (nSPS) is 17.3. The predicted octanol–water partition coefficient (Wildman–Crippen LogP) is 2.49. The van der Waals surface area contributed by atoms with Crippen LogP contribution in [0.15, 0.2) is 24.3 Å². The Morgan fingerprint density at radius 2 is 2.05 bits per heavy atom. The largest absolute Gasteiger partial charge is 0.366 e. The van der Waals surface area contributed by atoms with Crippen molar-refractivity contribution in [3.63, 3.8) is 0 Å². The summed E-state index contributed by atoms with van der Waals surface area (Å²) in [5, 5.41) is 4.53. The van der Waals surface area contributed by atoms with Gasteiger partial charge in [0.2, 0.25) is 0 Å². The Bertz CT molecular complexity index is 644. The number of para-hydroxylation sites is 1. The number of fused-ring (bicyclic) bond motifs is 1. The third-order valence-corrected chi connectivity index (χ3v) is 4.68. The number of nitrogens with zero attached hydrogens (tertiary/aromatic N) is 3. The lowest BCUT2D eigenvalue weighted by atomic mass is 9.98. The van der Waals surface area contributed by atoms with E-state index in [1.807, 2.05) is 11.7 Å². The number of benzene rings is 1. The Morgan fingerprint density at radius 1 is 1.29 bits per heavy atom. The zero-order chi connectivity index (χ0) is 15.0. The Kier molecular flexibility index (Phi) is 3.72. The van der Waals surface area contributed by atoms with E-state index in [0.717, 1.165) is 31.7 Å². The van der Waals surface area contributed by atoms with Gasteiger partial charge in [0.15, 0.2) is 0 Å². The van der Waals surface area contributed by atoms with Crippen molar-refractivity contribution in [1.29, 1.82) is 0 Å². The van der Waals surface area contributed by atoms with Crippen LogP contribution in [0.4, 0.5) is 5.69 Å². The lowest BCUT2D eigenvalue weighted by molar-refractivity contribution is 0.643. The van der Waals surface area contributed by atoms with E-state index in [2.05, 4.69) is 48.1 Å². The second-order valence-electron chi connectivity index (χ2n) is 5.99. The van der Waals surface area contributed by atoms with Gasteiger partial charge in [-0.15, -0.1) is 0 Å². The number of hydrogen-bond acceptors (Lipinski definition) is 3. The van der Waals surface area contributed by atoms with Gasteiger partial charge in [0.1, 0.15) is 0 Å². The molecule has 1 aromatic heterocycles. The zero-order valence-corrected chi connectivity index (χ0v) is 13.1. The molecule has 1 atom stereocenters. The molecule has 2 N–H and O–H groups in total. The number of aryl methyl sites for hydroxylation is 2. The molecule has 21 heavy (non-hydrogen) atoms. The number of hydrogen-bond donors (Lipinski definition) is 1. The van der Waals surface area contributed by atoms with Gasteiger partial charge in [-0.2, -0.15) is 5.10 Å². The summed E-state index contributed by atoms with van der Waals surface area (Å²) in [4.78, 5) is 2.48. The van der Waals surface area contributed by atoms with Crippen LogP contribution in [0.3, 0.4) is 0 Å². The first-order valence-corrected chi connectivity index (χ1v) is 7.64. The van der Waals surface area contributed by atoms with E-state index in [-0.39, 0.29) is 0 Å². The van der Waals surface area contributed by atoms with Gasteiger partial charge >= 0.3 is 0 Å². The zero-order valence-electron chi connectivity index (χ0n) is 13.1. The summed E-state index contributed by atoms with van der Waals surface area (Å²) in [7, 11) is 2.01. The molecule has 0 amide bonds. The predicted molar refractivity (Wildman–Crippen MR) is 86.6 cm³/mol. The maximum Gasteiger partial charge on any atom is 0.0646 e. The SMILES string of the molecule is Cc1nn(C)c(C)c1CN1CC(CCN)c2ccccc21. The smallest absolute Gasteiger partial charge is 0.0646 e. The van der Waals surface area contributed by atoms with Crippen LogP contribution in [-0.2, 0) is 13.6 Å². The van der Waals surface area contributed by atoms with Crippen LogP contribution in [-0.4, -0.2) is 22.9 Å². The van der Waals surface area contributed by atoms with Crippen LogP contribution >= 0.6 is 0 Å². The average Bonchev–Trinajstić information content (AvgIpc) is 2.93. The van der Waals surface area contributed by atoms with Crippen molar-refractivity contribution >= 4 is 5.69 Å². The molecule has 0 aliphatic carbocycles. The molecule has 0 spiro atoms. The molecule has 1 aromatic carbocycles. The van der Waals surface area contributed by atoms with Crippen molar-refractivity contribution in [1.82, 2.24) is 9.78 Å². The van der Waals surface area contributed by atoms with Gasteiger partial charge in [-0.1, -0.05) is 18.2 Å². The maximum atomic E-state index is 5.78. The topological polar surface area (TPSA) is 47.1 Å². The van der Waals surface area contributed by atoms with Gasteiger partial charge in [-0.3, -0.25) is 4.68 Å². The summed E-state index contributed by atoms with van der Waals surface area (Å²) in [6.45, 7) is 6.99. The van der Waals surface area contributed by atoms with Crippen molar-refractivity contribution in [2.45, 2.75) is 32.7 Å². The molecule has 0 saturated heterocycles. The van der Waals surface area contributed by atoms with Crippen LogP contribution < -0.4 is 10.6 Å². The van der Waals surface area contributed by atoms with E-state index in [9.17, 15) is 0 Å². The molecular formula is C17H24N4. The second-order valence-corrected chi connectivity index (χ2v) is 5.99. The Balaban J connectivity index is 1.90. The van der Waals surface area contributed by atoms with Crippen LogP contribution in [0, 0.1) is 13.8 Å². The summed E-state index contributed by atoms with van der Waals surface area (Å²) in [5.74, 6) is 0.559.